The van der Waals surface area contributed by atoms with Crippen LogP contribution in [-0.4, -0.2) is 4.92 Å². The van der Waals surface area contributed by atoms with Crippen molar-refractivity contribution in [3.05, 3.63) is 58.0 Å². The van der Waals surface area contributed by atoms with Gasteiger partial charge in [-0.05, 0) is 19.1 Å². The smallest absolute Gasteiger partial charge is 0.270 e. The summed E-state index contributed by atoms with van der Waals surface area (Å²) in [6.07, 6.45) is 3.17. The molecule has 1 heterocycles. The molecule has 19 heavy (non-hydrogen) atoms. The minimum Gasteiger partial charge on any atom is -0.472 e. The van der Waals surface area contributed by atoms with Crippen LogP contribution in [0.5, 0.6) is 0 Å². The molecule has 0 saturated carbocycles. The average molecular weight is 257 g/mol. The fourth-order valence-corrected chi connectivity index (χ4v) is 1.70. The Morgan fingerprint density at radius 2 is 2.26 bits per heavy atom. The van der Waals surface area contributed by atoms with E-state index in [1.807, 2.05) is 19.1 Å². The number of nitro groups is 1. The van der Waals surface area contributed by atoms with Crippen LogP contribution in [0.2, 0.25) is 0 Å². The van der Waals surface area contributed by atoms with E-state index in [0.717, 1.165) is 5.56 Å². The summed E-state index contributed by atoms with van der Waals surface area (Å²) in [5.74, 6) is 0. The molecule has 0 aliphatic rings. The van der Waals surface area contributed by atoms with Gasteiger partial charge in [-0.1, -0.05) is 0 Å². The molecule has 1 aromatic carbocycles. The number of anilines is 1. The normalized spacial score (nSPS) is 11.6. The molecule has 6 nitrogen and oxygen atoms in total. The Morgan fingerprint density at radius 3 is 2.84 bits per heavy atom. The zero-order valence-corrected chi connectivity index (χ0v) is 10.2. The summed E-state index contributed by atoms with van der Waals surface area (Å²) in [5, 5.41) is 22.8. The van der Waals surface area contributed by atoms with Gasteiger partial charge >= 0.3 is 0 Å². The molecule has 0 amide bonds. The number of nitriles is 1. The van der Waals surface area contributed by atoms with Crippen molar-refractivity contribution >= 4 is 11.4 Å². The molecule has 1 unspecified atom stereocenters. The number of rotatable bonds is 4. The van der Waals surface area contributed by atoms with E-state index in [4.69, 9.17) is 9.68 Å². The summed E-state index contributed by atoms with van der Waals surface area (Å²) in [7, 11) is 0. The van der Waals surface area contributed by atoms with E-state index in [1.165, 1.54) is 18.2 Å². The predicted octanol–water partition coefficient (Wildman–Crippen LogP) is 3.23. The molecular formula is C13H11N3O3. The van der Waals surface area contributed by atoms with Gasteiger partial charge in [0.2, 0.25) is 0 Å². The van der Waals surface area contributed by atoms with Gasteiger partial charge in [-0.25, -0.2) is 0 Å². The summed E-state index contributed by atoms with van der Waals surface area (Å²) in [5.41, 5.74) is 1.63. The molecule has 2 rings (SSSR count). The molecule has 0 radical (unpaired) electrons. The first-order valence-electron chi connectivity index (χ1n) is 5.59. The van der Waals surface area contributed by atoms with Gasteiger partial charge in [-0.15, -0.1) is 0 Å². The number of furan rings is 1. The van der Waals surface area contributed by atoms with Gasteiger partial charge < -0.3 is 9.73 Å². The highest BCUT2D eigenvalue weighted by Crippen LogP contribution is 2.25. The van der Waals surface area contributed by atoms with E-state index >= 15 is 0 Å². The molecule has 0 spiro atoms. The molecule has 6 heteroatoms. The summed E-state index contributed by atoms with van der Waals surface area (Å²) in [6, 6.07) is 7.86. The molecule has 0 bridgehead atoms. The van der Waals surface area contributed by atoms with Crippen molar-refractivity contribution in [3.63, 3.8) is 0 Å². The van der Waals surface area contributed by atoms with Crippen LogP contribution >= 0.6 is 0 Å². The number of nitrogens with zero attached hydrogens (tertiary/aromatic N) is 2. The first kappa shape index (κ1) is 12.6. The van der Waals surface area contributed by atoms with E-state index in [9.17, 15) is 10.1 Å². The highest BCUT2D eigenvalue weighted by atomic mass is 16.6. The Labute approximate surface area is 109 Å². The second kappa shape index (κ2) is 5.23. The van der Waals surface area contributed by atoms with Crippen molar-refractivity contribution in [2.45, 2.75) is 13.0 Å². The Kier molecular flexibility index (Phi) is 3.48. The van der Waals surface area contributed by atoms with Crippen molar-refractivity contribution in [1.29, 1.82) is 5.26 Å². The van der Waals surface area contributed by atoms with Crippen LogP contribution < -0.4 is 5.32 Å². The fourth-order valence-electron chi connectivity index (χ4n) is 1.70. The Morgan fingerprint density at radius 1 is 1.47 bits per heavy atom. The molecule has 1 N–H and O–H groups in total. The van der Waals surface area contributed by atoms with Crippen LogP contribution in [0.4, 0.5) is 11.4 Å². The summed E-state index contributed by atoms with van der Waals surface area (Å²) in [6.45, 7) is 1.91. The third-order valence-electron chi connectivity index (χ3n) is 2.75. The number of hydrogen-bond donors (Lipinski definition) is 1. The molecule has 0 aliphatic heterocycles. The second-order valence-corrected chi connectivity index (χ2v) is 4.02. The van der Waals surface area contributed by atoms with Crippen molar-refractivity contribution in [1.82, 2.24) is 0 Å². The molecule has 0 saturated heterocycles. The maximum atomic E-state index is 10.7. The topological polar surface area (TPSA) is 92.1 Å². The third-order valence-corrected chi connectivity index (χ3v) is 2.75. The summed E-state index contributed by atoms with van der Waals surface area (Å²) < 4.78 is 4.99. The van der Waals surface area contributed by atoms with Gasteiger partial charge in [0.1, 0.15) is 6.07 Å². The Bertz CT molecular complexity index is 629. The molecule has 96 valence electrons. The standard InChI is InChI=1S/C13H11N3O3/c1-9(10-4-5-19-8-10)15-13-3-2-12(16(17)18)6-11(13)7-14/h2-6,8-9,15H,1H3. The summed E-state index contributed by atoms with van der Waals surface area (Å²) >= 11 is 0. The number of benzene rings is 1. The van der Waals surface area contributed by atoms with Gasteiger partial charge in [0.15, 0.2) is 0 Å². The van der Waals surface area contributed by atoms with E-state index in [1.54, 1.807) is 12.5 Å². The molecule has 1 aromatic heterocycles. The van der Waals surface area contributed by atoms with Crippen LogP contribution in [0, 0.1) is 21.4 Å². The fraction of sp³-hybridized carbons (Fsp3) is 0.154. The third kappa shape index (κ3) is 2.72. The van der Waals surface area contributed by atoms with Crippen LogP contribution in [0.3, 0.4) is 0 Å². The monoisotopic (exact) mass is 257 g/mol. The van der Waals surface area contributed by atoms with Gasteiger partial charge in [0.05, 0.1) is 34.7 Å². The maximum absolute atomic E-state index is 10.7. The van der Waals surface area contributed by atoms with Gasteiger partial charge in [0.25, 0.3) is 5.69 Å². The second-order valence-electron chi connectivity index (χ2n) is 4.02. The maximum Gasteiger partial charge on any atom is 0.270 e. The minimum atomic E-state index is -0.524. The van der Waals surface area contributed by atoms with Gasteiger partial charge in [-0.3, -0.25) is 10.1 Å². The highest BCUT2D eigenvalue weighted by Gasteiger charge is 2.13. The largest absolute Gasteiger partial charge is 0.472 e. The molecular weight excluding hydrogens is 246 g/mol. The zero-order valence-electron chi connectivity index (χ0n) is 10.2. The number of hydrogen-bond acceptors (Lipinski definition) is 5. The van der Waals surface area contributed by atoms with Gasteiger partial charge in [-0.2, -0.15) is 5.26 Å². The zero-order chi connectivity index (χ0) is 13.8. The lowest BCUT2D eigenvalue weighted by Gasteiger charge is -2.14. The van der Waals surface area contributed by atoms with Crippen LogP contribution in [0.15, 0.2) is 41.2 Å². The van der Waals surface area contributed by atoms with E-state index in [0.29, 0.717) is 5.69 Å². The number of non-ortho nitro benzene ring substituents is 1. The van der Waals surface area contributed by atoms with Crippen LogP contribution in [0.25, 0.3) is 0 Å². The molecule has 1 atom stereocenters. The minimum absolute atomic E-state index is 0.0627. The van der Waals surface area contributed by atoms with Crippen molar-refractivity contribution in [2.24, 2.45) is 0 Å². The van der Waals surface area contributed by atoms with Crippen molar-refractivity contribution in [2.75, 3.05) is 5.32 Å². The lowest BCUT2D eigenvalue weighted by atomic mass is 10.1. The van der Waals surface area contributed by atoms with E-state index < -0.39 is 4.92 Å². The quantitative estimate of drug-likeness (QED) is 0.670. The Balaban J connectivity index is 2.26. The lowest BCUT2D eigenvalue weighted by Crippen LogP contribution is -2.07. The number of nitrogens with one attached hydrogen (secondary N) is 1. The lowest BCUT2D eigenvalue weighted by molar-refractivity contribution is -0.384. The number of nitro benzene ring substituents is 1. The van der Waals surface area contributed by atoms with E-state index in [-0.39, 0.29) is 17.3 Å². The highest BCUT2D eigenvalue weighted by molar-refractivity contribution is 5.62. The predicted molar refractivity (Wildman–Crippen MR) is 68.6 cm³/mol. The first-order chi connectivity index (χ1) is 9.11. The molecule has 0 aliphatic carbocycles. The average Bonchev–Trinajstić information content (AvgIpc) is 2.92. The van der Waals surface area contributed by atoms with E-state index in [2.05, 4.69) is 5.32 Å². The van der Waals surface area contributed by atoms with Gasteiger partial charge in [0, 0.05) is 17.7 Å². The Hall–Kier alpha value is -2.81. The first-order valence-corrected chi connectivity index (χ1v) is 5.59. The SMILES string of the molecule is CC(Nc1ccc([N+](=O)[O-])cc1C#N)c1ccoc1. The van der Waals surface area contributed by atoms with Crippen LogP contribution in [0.1, 0.15) is 24.1 Å². The molecule has 0 fully saturated rings. The van der Waals surface area contributed by atoms with Crippen molar-refractivity contribution < 1.29 is 9.34 Å². The van der Waals surface area contributed by atoms with Crippen molar-refractivity contribution in [3.8, 4) is 6.07 Å². The summed E-state index contributed by atoms with van der Waals surface area (Å²) in [4.78, 5) is 10.1. The van der Waals surface area contributed by atoms with Crippen LogP contribution in [-0.2, 0) is 0 Å². The molecule has 2 aromatic rings.